The Morgan fingerprint density at radius 1 is 1.62 bits per heavy atom. The van der Waals surface area contributed by atoms with Crippen LogP contribution in [-0.4, -0.2) is 25.5 Å². The molecule has 2 N–H and O–H groups in total. The number of nitrogens with zero attached hydrogens (tertiary/aromatic N) is 1. The van der Waals surface area contributed by atoms with Crippen LogP contribution in [0.5, 0.6) is 0 Å². The minimum Gasteiger partial charge on any atom is -0.354 e. The molecule has 0 aromatic rings. The quantitative estimate of drug-likeness (QED) is 0.581. The topological polar surface area (TPSA) is 64.9 Å². The molecule has 0 saturated heterocycles. The van der Waals surface area contributed by atoms with Gasteiger partial charge in [-0.2, -0.15) is 5.26 Å². The fourth-order valence-electron chi connectivity index (χ4n) is 0.754. The van der Waals surface area contributed by atoms with Gasteiger partial charge in [0.05, 0.1) is 18.5 Å². The third-order valence-electron chi connectivity index (χ3n) is 1.54. The summed E-state index contributed by atoms with van der Waals surface area (Å²) in [5.74, 6) is -0.161. The van der Waals surface area contributed by atoms with E-state index in [-0.39, 0.29) is 11.8 Å². The molecule has 1 amide bonds. The summed E-state index contributed by atoms with van der Waals surface area (Å²) in [6.45, 7) is 5.44. The predicted octanol–water partition coefficient (Wildman–Crippen LogP) is 0.262. The molecule has 0 spiro atoms. The Hall–Kier alpha value is -1.08. The number of nitriles is 1. The van der Waals surface area contributed by atoms with E-state index in [2.05, 4.69) is 16.7 Å². The molecule has 0 aliphatic rings. The van der Waals surface area contributed by atoms with Crippen molar-refractivity contribution in [3.05, 3.63) is 0 Å². The SMILES string of the molecule is CCCNCC(=O)NCC(C)C#N. The van der Waals surface area contributed by atoms with Gasteiger partial charge in [0.15, 0.2) is 0 Å². The number of carbonyl (C=O) groups excluding carboxylic acids is 1. The van der Waals surface area contributed by atoms with Gasteiger partial charge in [0.2, 0.25) is 5.91 Å². The second-order valence-electron chi connectivity index (χ2n) is 3.01. The summed E-state index contributed by atoms with van der Waals surface area (Å²) in [7, 11) is 0. The van der Waals surface area contributed by atoms with E-state index in [0.717, 1.165) is 13.0 Å². The Bertz CT molecular complexity index is 186. The van der Waals surface area contributed by atoms with Gasteiger partial charge in [-0.25, -0.2) is 0 Å². The fourth-order valence-corrected chi connectivity index (χ4v) is 0.754. The molecule has 0 rings (SSSR count). The van der Waals surface area contributed by atoms with E-state index >= 15 is 0 Å². The molecule has 4 nitrogen and oxygen atoms in total. The zero-order chi connectivity index (χ0) is 10.1. The summed E-state index contributed by atoms with van der Waals surface area (Å²) < 4.78 is 0. The number of hydrogen-bond donors (Lipinski definition) is 2. The third-order valence-corrected chi connectivity index (χ3v) is 1.54. The Morgan fingerprint density at radius 3 is 2.85 bits per heavy atom. The van der Waals surface area contributed by atoms with Crippen molar-refractivity contribution >= 4 is 5.91 Å². The molecule has 0 radical (unpaired) electrons. The molecule has 1 unspecified atom stereocenters. The molecule has 0 aromatic heterocycles. The lowest BCUT2D eigenvalue weighted by atomic mass is 10.2. The van der Waals surface area contributed by atoms with Crippen molar-refractivity contribution in [3.8, 4) is 6.07 Å². The first-order chi connectivity index (χ1) is 6.20. The van der Waals surface area contributed by atoms with E-state index in [1.807, 2.05) is 6.92 Å². The predicted molar refractivity (Wildman–Crippen MR) is 50.9 cm³/mol. The lowest BCUT2D eigenvalue weighted by molar-refractivity contribution is -0.120. The minimum atomic E-state index is -0.116. The largest absolute Gasteiger partial charge is 0.354 e. The third kappa shape index (κ3) is 7.29. The zero-order valence-corrected chi connectivity index (χ0v) is 8.26. The fraction of sp³-hybridized carbons (Fsp3) is 0.778. The van der Waals surface area contributed by atoms with Crippen LogP contribution in [0.2, 0.25) is 0 Å². The second kappa shape index (κ2) is 7.56. The van der Waals surface area contributed by atoms with Crippen LogP contribution in [-0.2, 0) is 4.79 Å². The van der Waals surface area contributed by atoms with E-state index in [0.29, 0.717) is 13.1 Å². The lowest BCUT2D eigenvalue weighted by Crippen LogP contribution is -2.36. The van der Waals surface area contributed by atoms with Crippen molar-refractivity contribution in [1.29, 1.82) is 5.26 Å². The maximum absolute atomic E-state index is 11.1. The van der Waals surface area contributed by atoms with Gasteiger partial charge in [-0.1, -0.05) is 6.92 Å². The summed E-state index contributed by atoms with van der Waals surface area (Å²) in [5, 5.41) is 14.1. The molecule has 0 saturated carbocycles. The van der Waals surface area contributed by atoms with Crippen molar-refractivity contribution in [2.24, 2.45) is 5.92 Å². The number of nitrogens with one attached hydrogen (secondary N) is 2. The van der Waals surface area contributed by atoms with Crippen LogP contribution in [0, 0.1) is 17.2 Å². The van der Waals surface area contributed by atoms with Crippen molar-refractivity contribution in [2.75, 3.05) is 19.6 Å². The summed E-state index contributed by atoms with van der Waals surface area (Å²) in [5.41, 5.74) is 0. The maximum Gasteiger partial charge on any atom is 0.234 e. The first-order valence-corrected chi connectivity index (χ1v) is 4.57. The number of carbonyl (C=O) groups is 1. The van der Waals surface area contributed by atoms with E-state index in [1.54, 1.807) is 6.92 Å². The first kappa shape index (κ1) is 11.9. The molecule has 0 fully saturated rings. The molecular formula is C9H17N3O. The van der Waals surface area contributed by atoms with Crippen LogP contribution in [0.15, 0.2) is 0 Å². The smallest absolute Gasteiger partial charge is 0.234 e. The van der Waals surface area contributed by atoms with Gasteiger partial charge in [-0.15, -0.1) is 0 Å². The standard InChI is InChI=1S/C9H17N3O/c1-3-4-11-7-9(13)12-6-8(2)5-10/h8,11H,3-4,6-7H2,1-2H3,(H,12,13). The highest BCUT2D eigenvalue weighted by Crippen LogP contribution is 1.86. The van der Waals surface area contributed by atoms with Crippen molar-refractivity contribution in [1.82, 2.24) is 10.6 Å². The van der Waals surface area contributed by atoms with Gasteiger partial charge in [-0.05, 0) is 19.9 Å². The highest BCUT2D eigenvalue weighted by molar-refractivity contribution is 5.77. The number of amides is 1. The monoisotopic (exact) mass is 183 g/mol. The van der Waals surface area contributed by atoms with Gasteiger partial charge in [0, 0.05) is 6.54 Å². The van der Waals surface area contributed by atoms with Crippen LogP contribution in [0.3, 0.4) is 0 Å². The Labute approximate surface area is 79.3 Å². The summed E-state index contributed by atoms with van der Waals surface area (Å²) >= 11 is 0. The molecular weight excluding hydrogens is 166 g/mol. The molecule has 13 heavy (non-hydrogen) atoms. The number of hydrogen-bond acceptors (Lipinski definition) is 3. The molecule has 1 atom stereocenters. The Balaban J connectivity index is 3.36. The van der Waals surface area contributed by atoms with E-state index in [9.17, 15) is 4.79 Å². The Kier molecular flexibility index (Phi) is 6.93. The molecule has 0 bridgehead atoms. The molecule has 74 valence electrons. The van der Waals surface area contributed by atoms with Crippen LogP contribution in [0.1, 0.15) is 20.3 Å². The van der Waals surface area contributed by atoms with E-state index in [1.165, 1.54) is 0 Å². The summed E-state index contributed by atoms with van der Waals surface area (Å²) in [6.07, 6.45) is 1.02. The Morgan fingerprint density at radius 2 is 2.31 bits per heavy atom. The van der Waals surface area contributed by atoms with Crippen LogP contribution in [0.4, 0.5) is 0 Å². The minimum absolute atomic E-state index is 0.0458. The average Bonchev–Trinajstić information content (AvgIpc) is 2.14. The van der Waals surface area contributed by atoms with Crippen molar-refractivity contribution < 1.29 is 4.79 Å². The van der Waals surface area contributed by atoms with Gasteiger partial charge in [-0.3, -0.25) is 4.79 Å². The highest BCUT2D eigenvalue weighted by Gasteiger charge is 2.02. The van der Waals surface area contributed by atoms with Gasteiger partial charge < -0.3 is 10.6 Å². The summed E-state index contributed by atoms with van der Waals surface area (Å²) in [6, 6.07) is 2.05. The van der Waals surface area contributed by atoms with Crippen molar-refractivity contribution in [2.45, 2.75) is 20.3 Å². The number of rotatable bonds is 6. The van der Waals surface area contributed by atoms with Crippen LogP contribution in [0.25, 0.3) is 0 Å². The highest BCUT2D eigenvalue weighted by atomic mass is 16.1. The zero-order valence-electron chi connectivity index (χ0n) is 8.26. The molecule has 0 aliphatic carbocycles. The van der Waals surface area contributed by atoms with Crippen LogP contribution >= 0.6 is 0 Å². The molecule has 0 aliphatic heterocycles. The maximum atomic E-state index is 11.1. The van der Waals surface area contributed by atoms with Gasteiger partial charge in [0.1, 0.15) is 0 Å². The van der Waals surface area contributed by atoms with E-state index < -0.39 is 0 Å². The normalized spacial score (nSPS) is 11.8. The van der Waals surface area contributed by atoms with Gasteiger partial charge in [0.25, 0.3) is 0 Å². The molecule has 0 aromatic carbocycles. The second-order valence-corrected chi connectivity index (χ2v) is 3.01. The molecule has 0 heterocycles. The van der Waals surface area contributed by atoms with E-state index in [4.69, 9.17) is 5.26 Å². The van der Waals surface area contributed by atoms with Crippen LogP contribution < -0.4 is 10.6 Å². The lowest BCUT2D eigenvalue weighted by Gasteiger charge is -2.06. The molecule has 4 heteroatoms. The average molecular weight is 183 g/mol. The van der Waals surface area contributed by atoms with Gasteiger partial charge >= 0.3 is 0 Å². The first-order valence-electron chi connectivity index (χ1n) is 4.57. The summed E-state index contributed by atoms with van der Waals surface area (Å²) in [4.78, 5) is 11.1. The van der Waals surface area contributed by atoms with Crippen molar-refractivity contribution in [3.63, 3.8) is 0 Å².